The summed E-state index contributed by atoms with van der Waals surface area (Å²) in [5.74, 6) is -8.57. The Balaban J connectivity index is 1.65. The van der Waals surface area contributed by atoms with Gasteiger partial charge in [-0.05, 0) is 45.9 Å². The summed E-state index contributed by atoms with van der Waals surface area (Å²) in [6.45, 7) is 15.2. The van der Waals surface area contributed by atoms with Gasteiger partial charge in [0.25, 0.3) is 11.7 Å². The predicted molar refractivity (Wildman–Crippen MR) is 228 cm³/mol. The first kappa shape index (κ1) is 46.9. The predicted octanol–water partition coefficient (Wildman–Crippen LogP) is 5.59. The van der Waals surface area contributed by atoms with E-state index in [2.05, 4.69) is 15.4 Å². The van der Waals surface area contributed by atoms with Crippen LogP contribution in [0.25, 0.3) is 10.8 Å². The number of ether oxygens (including phenoxy) is 4. The summed E-state index contributed by atoms with van der Waals surface area (Å²) >= 11 is 0. The molecule has 1 amide bonds. The van der Waals surface area contributed by atoms with Crippen LogP contribution in [0.3, 0.4) is 0 Å². The van der Waals surface area contributed by atoms with Crippen LogP contribution in [0, 0.1) is 30.6 Å². The molecular formula is C45H61N3O13. The average Bonchev–Trinajstić information content (AvgIpc) is 3.50. The van der Waals surface area contributed by atoms with E-state index >= 15 is 0 Å². The monoisotopic (exact) mass is 851 g/mol. The molecule has 334 valence electrons. The van der Waals surface area contributed by atoms with Crippen LogP contribution < -0.4 is 10.1 Å². The van der Waals surface area contributed by atoms with Gasteiger partial charge in [0.1, 0.15) is 30.0 Å². The van der Waals surface area contributed by atoms with Crippen molar-refractivity contribution >= 4 is 40.3 Å². The van der Waals surface area contributed by atoms with E-state index in [0.29, 0.717) is 6.54 Å². The third kappa shape index (κ3) is 9.82. The number of phenolic OH excluding ortho intramolecular Hbond substituents is 3. The number of hydrogen-bond acceptors (Lipinski definition) is 15. The van der Waals surface area contributed by atoms with Crippen molar-refractivity contribution in [1.82, 2.24) is 4.90 Å². The number of aliphatic hydroxyl groups is 2. The zero-order chi connectivity index (χ0) is 44.9. The first-order chi connectivity index (χ1) is 28.8. The molecule has 0 saturated carbocycles. The van der Waals surface area contributed by atoms with Crippen LogP contribution in [0.4, 0.5) is 5.69 Å². The molecule has 6 rings (SSSR count). The van der Waals surface area contributed by atoms with Gasteiger partial charge >= 0.3 is 11.8 Å². The first-order valence-electron chi connectivity index (χ1n) is 20.8. The third-order valence-corrected chi connectivity index (χ3v) is 12.2. The molecule has 4 aliphatic rings. The number of methoxy groups -OCH3 is 1. The van der Waals surface area contributed by atoms with Gasteiger partial charge in [0.15, 0.2) is 5.75 Å². The number of benzene rings is 2. The number of ketones is 1. The van der Waals surface area contributed by atoms with Crippen molar-refractivity contribution in [1.29, 1.82) is 0 Å². The van der Waals surface area contributed by atoms with Crippen LogP contribution in [-0.4, -0.2) is 118 Å². The number of aliphatic hydroxyl groups excluding tert-OH is 2. The molecule has 16 nitrogen and oxygen atoms in total. The number of piperidine rings is 1. The molecule has 6 N–H and O–H groups in total. The second-order valence-corrected chi connectivity index (χ2v) is 16.6. The number of amides is 1. The smallest absolute Gasteiger partial charge is 0.312 e. The van der Waals surface area contributed by atoms with E-state index in [1.54, 1.807) is 39.8 Å². The zero-order valence-electron chi connectivity index (χ0n) is 36.4. The average molecular weight is 852 g/mol. The van der Waals surface area contributed by atoms with E-state index in [9.17, 15) is 39.9 Å². The Kier molecular flexibility index (Phi) is 15.1. The molecule has 1 fully saturated rings. The van der Waals surface area contributed by atoms with Gasteiger partial charge in [-0.2, -0.15) is 0 Å². The molecule has 0 radical (unpaired) electrons. The number of likely N-dealkylation sites (tertiary alicyclic amines) is 1. The van der Waals surface area contributed by atoms with Crippen LogP contribution in [0.5, 0.6) is 23.0 Å². The Morgan fingerprint density at radius 1 is 0.967 bits per heavy atom. The van der Waals surface area contributed by atoms with Crippen molar-refractivity contribution in [2.75, 3.05) is 38.7 Å². The maximum atomic E-state index is 14.4. The molecule has 1 saturated heterocycles. The third-order valence-electron chi connectivity index (χ3n) is 12.2. The number of carbonyl (C=O) groups excluding carboxylic acids is 3. The quantitative estimate of drug-likeness (QED) is 0.0499. The van der Waals surface area contributed by atoms with Crippen LogP contribution >= 0.6 is 0 Å². The summed E-state index contributed by atoms with van der Waals surface area (Å²) in [6, 6.07) is 0. The maximum absolute atomic E-state index is 14.4. The molecule has 0 aliphatic carbocycles. The molecule has 0 aromatic heterocycles. The number of anilines is 1. The van der Waals surface area contributed by atoms with E-state index in [-0.39, 0.29) is 51.1 Å². The summed E-state index contributed by atoms with van der Waals surface area (Å²) < 4.78 is 23.6. The molecule has 0 unspecified atom stereocenters. The van der Waals surface area contributed by atoms with Crippen molar-refractivity contribution in [2.45, 2.75) is 105 Å². The Labute approximate surface area is 356 Å². The number of oxime groups is 1. The van der Waals surface area contributed by atoms with Crippen molar-refractivity contribution in [3.63, 3.8) is 0 Å². The van der Waals surface area contributed by atoms with Crippen LogP contribution in [0.15, 0.2) is 41.3 Å². The molecule has 2 aromatic rings. The van der Waals surface area contributed by atoms with Crippen LogP contribution in [0.2, 0.25) is 0 Å². The van der Waals surface area contributed by atoms with E-state index in [1.165, 1.54) is 59.6 Å². The largest absolute Gasteiger partial charge is 0.507 e. The normalized spacial score (nSPS) is 31.3. The standard InChI is InChI=1S/C45H61N3O13/c1-23-14-13-15-24(2)44(56)47-35-30(22-46-59-21-19-48-17-11-10-12-18-48)39(53)32-33(40(35)54)38(52)28(6)42-34(32)43(55)45(8,61-42)58-20-16-31(57-9)25(3)41(60-29(7)49)27(5)37(51)26(4)36(23)50/h13-16,20,22-23,25-27,31,36-37,41,50-54H,10-12,17-19,21H2,1-9H3,(H,47,56)/b14-13+,20-16+,24-15-,46-22?/t23-,25-,26+,27-,31-,36-,37+,41+,45-/m0/s1. The molecule has 9 atom stereocenters. The van der Waals surface area contributed by atoms with Crippen LogP contribution in [-0.2, 0) is 28.6 Å². The number of rotatable bonds is 7. The Morgan fingerprint density at radius 2 is 1.66 bits per heavy atom. The molecule has 4 aliphatic heterocycles. The SMILES string of the molecule is CO[C@H]1/C=C/O[C@@]2(C)Oc3c(C)c(O)c4c(O)c(c(C=NOCCN5CCCCC5)c(O)c4c3C2=O)NC(=O)/C(C)=C\C=C\[C@H](C)[C@H](O)[C@@H](C)[C@@H](O)[C@H](C)[C@H](OC(C)=O)[C@H]1C. The minimum Gasteiger partial charge on any atom is -0.507 e. The summed E-state index contributed by atoms with van der Waals surface area (Å²) in [5, 5.41) is 64.4. The van der Waals surface area contributed by atoms with E-state index in [0.717, 1.165) is 32.1 Å². The second kappa shape index (κ2) is 19.7. The van der Waals surface area contributed by atoms with Crippen molar-refractivity contribution in [3.05, 3.63) is 52.8 Å². The molecule has 16 heteroatoms. The Bertz CT molecular complexity index is 2090. The molecule has 2 aromatic carbocycles. The number of aromatic hydroxyl groups is 3. The topological polar surface area (TPSA) is 226 Å². The fraction of sp³-hybridized carbons (Fsp3) is 0.556. The van der Waals surface area contributed by atoms with E-state index in [1.807, 2.05) is 0 Å². The highest BCUT2D eigenvalue weighted by molar-refractivity contribution is 6.23. The highest BCUT2D eigenvalue weighted by atomic mass is 16.7. The van der Waals surface area contributed by atoms with Crippen molar-refractivity contribution in [2.24, 2.45) is 28.8 Å². The van der Waals surface area contributed by atoms with Gasteiger partial charge in [0, 0.05) is 67.7 Å². The van der Waals surface area contributed by atoms with Gasteiger partial charge in [0.2, 0.25) is 0 Å². The number of carbonyl (C=O) groups is 3. The molecule has 4 heterocycles. The molecule has 5 bridgehead atoms. The van der Waals surface area contributed by atoms with Crippen molar-refractivity contribution in [3.8, 4) is 23.0 Å². The summed E-state index contributed by atoms with van der Waals surface area (Å²) in [4.78, 5) is 48.3. The Morgan fingerprint density at radius 3 is 2.31 bits per heavy atom. The molecule has 0 spiro atoms. The highest BCUT2D eigenvalue weighted by Gasteiger charge is 2.50. The number of phenols is 3. The van der Waals surface area contributed by atoms with Gasteiger partial charge < -0.3 is 54.6 Å². The highest BCUT2D eigenvalue weighted by Crippen LogP contribution is 2.55. The number of fused-ring (bicyclic) bond motifs is 14. The van der Waals surface area contributed by atoms with Gasteiger partial charge in [-0.1, -0.05) is 57.5 Å². The lowest BCUT2D eigenvalue weighted by Crippen LogP contribution is -2.46. The minimum absolute atomic E-state index is 0.0408. The first-order valence-corrected chi connectivity index (χ1v) is 20.8. The fourth-order valence-electron chi connectivity index (χ4n) is 8.37. The van der Waals surface area contributed by atoms with Crippen LogP contribution in [0.1, 0.15) is 89.2 Å². The zero-order valence-corrected chi connectivity index (χ0v) is 36.4. The van der Waals surface area contributed by atoms with Gasteiger partial charge in [-0.3, -0.25) is 19.3 Å². The number of hydrogen-bond donors (Lipinski definition) is 6. The summed E-state index contributed by atoms with van der Waals surface area (Å²) in [7, 11) is 1.43. The summed E-state index contributed by atoms with van der Waals surface area (Å²) in [6.07, 6.45) is 7.96. The lowest BCUT2D eigenvalue weighted by Gasteiger charge is -2.38. The maximum Gasteiger partial charge on any atom is 0.312 e. The number of nitrogens with one attached hydrogen (secondary N) is 1. The lowest BCUT2D eigenvalue weighted by molar-refractivity contribution is -0.160. The van der Waals surface area contributed by atoms with Gasteiger partial charge in [0.05, 0.1) is 53.0 Å². The minimum atomic E-state index is -2.06. The number of esters is 1. The lowest BCUT2D eigenvalue weighted by atomic mass is 9.78. The van der Waals surface area contributed by atoms with Gasteiger partial charge in [-0.15, -0.1) is 0 Å². The number of allylic oxidation sites excluding steroid dienone is 2. The van der Waals surface area contributed by atoms with Crippen molar-refractivity contribution < 1.29 is 63.7 Å². The number of Topliss-reactive ketones (excluding diaryl/α,β-unsaturated/α-hetero) is 1. The number of nitrogens with zero attached hydrogens (tertiary/aromatic N) is 2. The molecule has 61 heavy (non-hydrogen) atoms. The Hall–Kier alpha value is -5.16. The summed E-state index contributed by atoms with van der Waals surface area (Å²) in [5.41, 5.74) is -0.555. The van der Waals surface area contributed by atoms with E-state index in [4.69, 9.17) is 23.8 Å². The second-order valence-electron chi connectivity index (χ2n) is 16.6. The molecular weight excluding hydrogens is 791 g/mol. The van der Waals surface area contributed by atoms with E-state index < -0.39 is 88.8 Å². The fourth-order valence-corrected chi connectivity index (χ4v) is 8.37. The van der Waals surface area contributed by atoms with Gasteiger partial charge in [-0.25, -0.2) is 0 Å².